The number of rotatable bonds is 2. The predicted molar refractivity (Wildman–Crippen MR) is 62.3 cm³/mol. The van der Waals surface area contributed by atoms with Crippen LogP contribution in [0.2, 0.25) is 0 Å². The van der Waals surface area contributed by atoms with Crippen molar-refractivity contribution < 1.29 is 4.79 Å². The molecule has 0 atom stereocenters. The van der Waals surface area contributed by atoms with Gasteiger partial charge in [0, 0.05) is 4.47 Å². The van der Waals surface area contributed by atoms with E-state index in [0.717, 1.165) is 4.47 Å². The lowest BCUT2D eigenvalue weighted by Crippen LogP contribution is -2.08. The highest BCUT2D eigenvalue weighted by molar-refractivity contribution is 9.10. The van der Waals surface area contributed by atoms with Crippen molar-refractivity contribution >= 4 is 27.5 Å². The van der Waals surface area contributed by atoms with Gasteiger partial charge in [0.15, 0.2) is 0 Å². The number of benzene rings is 1. The van der Waals surface area contributed by atoms with Gasteiger partial charge in [0.2, 0.25) is 5.91 Å². The normalized spacial score (nSPS) is 9.93. The molecule has 1 aromatic carbocycles. The van der Waals surface area contributed by atoms with E-state index in [-0.39, 0.29) is 5.91 Å². The first-order chi connectivity index (χ1) is 7.17. The lowest BCUT2D eigenvalue weighted by Gasteiger charge is -2.04. The highest BCUT2D eigenvalue weighted by Gasteiger charge is 2.04. The molecule has 0 bridgehead atoms. The van der Waals surface area contributed by atoms with Gasteiger partial charge in [0.05, 0.1) is 11.3 Å². The van der Waals surface area contributed by atoms with Gasteiger partial charge in [0.1, 0.15) is 6.07 Å². The Kier molecular flexibility index (Phi) is 4.07. The molecule has 15 heavy (non-hydrogen) atoms. The monoisotopic (exact) mass is 264 g/mol. The summed E-state index contributed by atoms with van der Waals surface area (Å²) in [5, 5.41) is 11.4. The van der Waals surface area contributed by atoms with Crippen molar-refractivity contribution in [2.75, 3.05) is 5.32 Å². The van der Waals surface area contributed by atoms with E-state index >= 15 is 0 Å². The fourth-order valence-electron chi connectivity index (χ4n) is 1.04. The van der Waals surface area contributed by atoms with Crippen molar-refractivity contribution in [1.29, 1.82) is 5.26 Å². The molecule has 0 aliphatic carbocycles. The second-order valence-electron chi connectivity index (χ2n) is 2.79. The highest BCUT2D eigenvalue weighted by Crippen LogP contribution is 2.20. The molecular formula is C11H9BrN2O. The first kappa shape index (κ1) is 11.5. The van der Waals surface area contributed by atoms with Gasteiger partial charge in [0.25, 0.3) is 0 Å². The van der Waals surface area contributed by atoms with Crippen LogP contribution >= 0.6 is 15.9 Å². The molecule has 0 spiro atoms. The molecule has 1 N–H and O–H groups in total. The van der Waals surface area contributed by atoms with Crippen molar-refractivity contribution in [3.63, 3.8) is 0 Å². The molecule has 0 aliphatic rings. The number of allylic oxidation sites excluding steroid dienone is 1. The highest BCUT2D eigenvalue weighted by atomic mass is 79.9. The van der Waals surface area contributed by atoms with E-state index in [4.69, 9.17) is 5.26 Å². The van der Waals surface area contributed by atoms with Crippen LogP contribution in [0.3, 0.4) is 0 Å². The number of carbonyl (C=O) groups is 1. The standard InChI is InChI=1S/C11H9BrN2O/c1-2-3-11(15)14-10-6-9(12)5-4-8(10)7-13/h2-6H,1H3,(H,14,15)/b3-2+. The summed E-state index contributed by atoms with van der Waals surface area (Å²) in [5.74, 6) is -0.243. The molecule has 0 unspecified atom stereocenters. The molecular weight excluding hydrogens is 256 g/mol. The lowest BCUT2D eigenvalue weighted by molar-refractivity contribution is -0.111. The molecule has 1 amide bonds. The van der Waals surface area contributed by atoms with Crippen LogP contribution in [0.4, 0.5) is 5.69 Å². The van der Waals surface area contributed by atoms with E-state index in [2.05, 4.69) is 21.2 Å². The molecule has 0 fully saturated rings. The lowest BCUT2D eigenvalue weighted by atomic mass is 10.2. The number of nitriles is 1. The average Bonchev–Trinajstić information content (AvgIpc) is 2.18. The third-order valence-corrected chi connectivity index (χ3v) is 2.17. The SMILES string of the molecule is C/C=C/C(=O)Nc1cc(Br)ccc1C#N. The van der Waals surface area contributed by atoms with Crippen molar-refractivity contribution in [3.05, 3.63) is 40.4 Å². The molecule has 3 nitrogen and oxygen atoms in total. The molecule has 0 heterocycles. The zero-order valence-electron chi connectivity index (χ0n) is 8.12. The van der Waals surface area contributed by atoms with E-state index in [1.54, 1.807) is 31.2 Å². The summed E-state index contributed by atoms with van der Waals surface area (Å²) in [5.41, 5.74) is 0.950. The number of carbonyl (C=O) groups excluding carboxylic acids is 1. The molecule has 0 saturated carbocycles. The van der Waals surface area contributed by atoms with Gasteiger partial charge >= 0.3 is 0 Å². The van der Waals surface area contributed by atoms with Gasteiger partial charge in [-0.1, -0.05) is 22.0 Å². The van der Waals surface area contributed by atoms with E-state index in [1.165, 1.54) is 6.08 Å². The van der Waals surface area contributed by atoms with Crippen molar-refractivity contribution in [1.82, 2.24) is 0 Å². The van der Waals surface area contributed by atoms with E-state index in [9.17, 15) is 4.79 Å². The Labute approximate surface area is 96.5 Å². The summed E-state index contributed by atoms with van der Waals surface area (Å²) in [4.78, 5) is 11.3. The number of hydrogen-bond donors (Lipinski definition) is 1. The minimum Gasteiger partial charge on any atom is -0.321 e. The Balaban J connectivity index is 2.98. The van der Waals surface area contributed by atoms with Gasteiger partial charge in [-0.05, 0) is 31.2 Å². The van der Waals surface area contributed by atoms with Gasteiger partial charge in [-0.15, -0.1) is 0 Å². The summed E-state index contributed by atoms with van der Waals surface area (Å²) >= 11 is 3.28. The van der Waals surface area contributed by atoms with Crippen molar-refractivity contribution in [3.8, 4) is 6.07 Å². The van der Waals surface area contributed by atoms with Crippen LogP contribution in [0.5, 0.6) is 0 Å². The van der Waals surface area contributed by atoms with Crippen LogP contribution in [-0.2, 0) is 4.79 Å². The van der Waals surface area contributed by atoms with E-state index < -0.39 is 0 Å². The molecule has 4 heteroatoms. The minimum absolute atomic E-state index is 0.243. The van der Waals surface area contributed by atoms with Crippen molar-refractivity contribution in [2.45, 2.75) is 6.92 Å². The van der Waals surface area contributed by atoms with Gasteiger partial charge < -0.3 is 5.32 Å². The largest absolute Gasteiger partial charge is 0.321 e. The Morgan fingerprint density at radius 2 is 2.33 bits per heavy atom. The third-order valence-electron chi connectivity index (χ3n) is 1.68. The number of halogens is 1. The molecule has 1 rings (SSSR count). The Morgan fingerprint density at radius 1 is 1.60 bits per heavy atom. The summed E-state index contributed by atoms with van der Waals surface area (Å²) < 4.78 is 0.817. The van der Waals surface area contributed by atoms with E-state index in [0.29, 0.717) is 11.3 Å². The van der Waals surface area contributed by atoms with Crippen LogP contribution in [0.25, 0.3) is 0 Å². The Bertz CT molecular complexity index is 446. The molecule has 1 aromatic rings. The first-order valence-electron chi connectivity index (χ1n) is 4.30. The Morgan fingerprint density at radius 3 is 2.93 bits per heavy atom. The topological polar surface area (TPSA) is 52.9 Å². The summed E-state index contributed by atoms with van der Waals surface area (Å²) in [6, 6.07) is 7.11. The zero-order valence-corrected chi connectivity index (χ0v) is 9.71. The number of nitrogens with one attached hydrogen (secondary N) is 1. The zero-order chi connectivity index (χ0) is 11.3. The van der Waals surface area contributed by atoms with Gasteiger partial charge in [-0.2, -0.15) is 5.26 Å². The van der Waals surface area contributed by atoms with Gasteiger partial charge in [-0.25, -0.2) is 0 Å². The predicted octanol–water partition coefficient (Wildman–Crippen LogP) is 2.84. The maximum Gasteiger partial charge on any atom is 0.248 e. The molecule has 0 radical (unpaired) electrons. The quantitative estimate of drug-likeness (QED) is 0.836. The smallest absolute Gasteiger partial charge is 0.248 e. The fourth-order valence-corrected chi connectivity index (χ4v) is 1.40. The molecule has 76 valence electrons. The summed E-state index contributed by atoms with van der Waals surface area (Å²) in [6.45, 7) is 1.76. The Hall–Kier alpha value is -1.60. The van der Waals surface area contributed by atoms with E-state index in [1.807, 2.05) is 6.07 Å². The number of anilines is 1. The van der Waals surface area contributed by atoms with Gasteiger partial charge in [-0.3, -0.25) is 4.79 Å². The van der Waals surface area contributed by atoms with Crippen LogP contribution in [0.1, 0.15) is 12.5 Å². The number of hydrogen-bond acceptors (Lipinski definition) is 2. The molecule has 0 saturated heterocycles. The minimum atomic E-state index is -0.243. The van der Waals surface area contributed by atoms with Crippen LogP contribution < -0.4 is 5.32 Å². The third kappa shape index (κ3) is 3.22. The molecule has 0 aromatic heterocycles. The maximum absolute atomic E-state index is 11.3. The first-order valence-corrected chi connectivity index (χ1v) is 5.10. The second-order valence-corrected chi connectivity index (χ2v) is 3.71. The average molecular weight is 265 g/mol. The van der Waals surface area contributed by atoms with Crippen molar-refractivity contribution in [2.24, 2.45) is 0 Å². The maximum atomic E-state index is 11.3. The van der Waals surface area contributed by atoms with Crippen LogP contribution in [0, 0.1) is 11.3 Å². The fraction of sp³-hybridized carbons (Fsp3) is 0.0909. The van der Waals surface area contributed by atoms with Crippen LogP contribution in [-0.4, -0.2) is 5.91 Å². The van der Waals surface area contributed by atoms with Crippen LogP contribution in [0.15, 0.2) is 34.8 Å². The summed E-state index contributed by atoms with van der Waals surface area (Å²) in [6.07, 6.45) is 3.04. The second kappa shape index (κ2) is 5.32. The summed E-state index contributed by atoms with van der Waals surface area (Å²) in [7, 11) is 0. The number of nitrogens with zero attached hydrogens (tertiary/aromatic N) is 1. The molecule has 0 aliphatic heterocycles. The number of amides is 1.